The van der Waals surface area contributed by atoms with Crippen molar-refractivity contribution in [2.45, 2.75) is 12.3 Å². The molecule has 4 rings (SSSR count). The first kappa shape index (κ1) is 19.7. The zero-order valence-corrected chi connectivity index (χ0v) is 16.4. The van der Waals surface area contributed by atoms with Crippen LogP contribution in [0.3, 0.4) is 0 Å². The molecule has 0 bridgehead atoms. The van der Waals surface area contributed by atoms with Crippen LogP contribution in [0.15, 0.2) is 62.9 Å². The summed E-state index contributed by atoms with van der Waals surface area (Å²) < 4.78 is 11.5. The van der Waals surface area contributed by atoms with Crippen LogP contribution in [0.25, 0.3) is 16.6 Å². The molecule has 8 nitrogen and oxygen atoms in total. The number of aromatic nitrogens is 2. The van der Waals surface area contributed by atoms with Crippen LogP contribution >= 0.6 is 11.6 Å². The van der Waals surface area contributed by atoms with Crippen LogP contribution < -0.4 is 11.0 Å². The zero-order valence-electron chi connectivity index (χ0n) is 15.7. The third-order valence-corrected chi connectivity index (χ3v) is 5.07. The van der Waals surface area contributed by atoms with Crippen LogP contribution in [0.1, 0.15) is 23.5 Å². The lowest BCUT2D eigenvalue weighted by Gasteiger charge is -2.17. The minimum atomic E-state index is -1.14. The number of fused-ring (bicyclic) bond motifs is 2. The lowest BCUT2D eigenvalue weighted by atomic mass is 9.90. The van der Waals surface area contributed by atoms with E-state index >= 15 is 0 Å². The first-order valence-corrected chi connectivity index (χ1v) is 9.26. The number of rotatable bonds is 4. The average molecular weight is 427 g/mol. The van der Waals surface area contributed by atoms with E-state index in [9.17, 15) is 19.5 Å². The molecule has 0 saturated carbocycles. The molecular weight excluding hydrogens is 412 g/mol. The Morgan fingerprint density at radius 2 is 2.10 bits per heavy atom. The van der Waals surface area contributed by atoms with Crippen molar-refractivity contribution in [3.63, 3.8) is 0 Å². The maximum atomic E-state index is 13.2. The topological polar surface area (TPSA) is 111 Å². The highest BCUT2D eigenvalue weighted by Crippen LogP contribution is 2.31. The fraction of sp³-hybridized carbons (Fsp3) is 0.143. The minimum Gasteiger partial charge on any atom is -0.493 e. The van der Waals surface area contributed by atoms with Gasteiger partial charge < -0.3 is 14.3 Å². The van der Waals surface area contributed by atoms with E-state index in [1.165, 1.54) is 30.0 Å². The number of pyridine rings is 1. The van der Waals surface area contributed by atoms with Crippen LogP contribution in [-0.4, -0.2) is 27.6 Å². The Bertz CT molecular complexity index is 1410. The largest absolute Gasteiger partial charge is 0.493 e. The third-order valence-electron chi connectivity index (χ3n) is 4.83. The maximum Gasteiger partial charge on any atom is 0.306 e. The molecule has 3 aromatic heterocycles. The van der Waals surface area contributed by atoms with Crippen LogP contribution in [0.4, 0.5) is 0 Å². The van der Waals surface area contributed by atoms with Crippen LogP contribution in [0, 0.1) is 0 Å². The Morgan fingerprint density at radius 1 is 1.30 bits per heavy atom. The monoisotopic (exact) mass is 426 g/mol. The molecular formula is C21H15ClN2O6. The van der Waals surface area contributed by atoms with Gasteiger partial charge in [-0.2, -0.15) is 4.98 Å². The van der Waals surface area contributed by atoms with Gasteiger partial charge in [-0.1, -0.05) is 17.7 Å². The van der Waals surface area contributed by atoms with Crippen molar-refractivity contribution in [1.29, 1.82) is 0 Å². The molecule has 0 amide bonds. The number of hydrogen-bond acceptors (Lipinski definition) is 7. The van der Waals surface area contributed by atoms with Crippen molar-refractivity contribution < 1.29 is 19.1 Å². The summed E-state index contributed by atoms with van der Waals surface area (Å²) in [5.41, 5.74) is -0.791. The number of carbonyl (C=O) groups is 1. The summed E-state index contributed by atoms with van der Waals surface area (Å²) >= 11 is 6.00. The van der Waals surface area contributed by atoms with Gasteiger partial charge in [0.1, 0.15) is 11.2 Å². The van der Waals surface area contributed by atoms with E-state index in [1.807, 2.05) is 0 Å². The Morgan fingerprint density at radius 3 is 2.87 bits per heavy atom. The summed E-state index contributed by atoms with van der Waals surface area (Å²) in [5, 5.41) is 11.0. The number of ether oxygens (including phenoxy) is 1. The van der Waals surface area contributed by atoms with Crippen molar-refractivity contribution in [1.82, 2.24) is 9.38 Å². The molecule has 0 radical (unpaired) electrons. The standard InChI is InChI=1S/C21H15ClN2O6/c1-29-17(25)9-12(14-10-30-15-6-5-11(22)8-13(15)19(14)26)18-20(27)23-16-4-2-3-7-24(16)21(18)28/h2-8,10,12,27H,9H2,1H3. The smallest absolute Gasteiger partial charge is 0.306 e. The molecule has 0 fully saturated rings. The molecule has 30 heavy (non-hydrogen) atoms. The van der Waals surface area contributed by atoms with E-state index in [2.05, 4.69) is 4.98 Å². The van der Waals surface area contributed by atoms with Crippen molar-refractivity contribution in [3.8, 4) is 5.88 Å². The lowest BCUT2D eigenvalue weighted by molar-refractivity contribution is -0.140. The van der Waals surface area contributed by atoms with Gasteiger partial charge in [0, 0.05) is 22.7 Å². The van der Waals surface area contributed by atoms with Crippen molar-refractivity contribution in [2.75, 3.05) is 7.11 Å². The lowest BCUT2D eigenvalue weighted by Crippen LogP contribution is -2.27. The molecule has 4 aromatic rings. The number of aromatic hydroxyl groups is 1. The van der Waals surface area contributed by atoms with Crippen LogP contribution in [0.5, 0.6) is 5.88 Å². The second kappa shape index (κ2) is 7.64. The molecule has 1 aromatic carbocycles. The number of nitrogens with zero attached hydrogens (tertiary/aromatic N) is 2. The Hall–Kier alpha value is -3.65. The van der Waals surface area contributed by atoms with Crippen molar-refractivity contribution in [2.24, 2.45) is 0 Å². The molecule has 0 aliphatic rings. The van der Waals surface area contributed by atoms with Crippen molar-refractivity contribution >= 4 is 34.2 Å². The number of methoxy groups -OCH3 is 1. The predicted octanol–water partition coefficient (Wildman–Crippen LogP) is 2.85. The quantitative estimate of drug-likeness (QED) is 0.499. The number of carbonyl (C=O) groups excluding carboxylic acids is 1. The summed E-state index contributed by atoms with van der Waals surface area (Å²) in [5.74, 6) is -2.40. The van der Waals surface area contributed by atoms with Crippen LogP contribution in [0.2, 0.25) is 5.02 Å². The second-order valence-electron chi connectivity index (χ2n) is 6.58. The van der Waals surface area contributed by atoms with E-state index in [1.54, 1.807) is 30.3 Å². The van der Waals surface area contributed by atoms with Gasteiger partial charge >= 0.3 is 5.97 Å². The number of halogens is 1. The van der Waals surface area contributed by atoms with Crippen LogP contribution in [-0.2, 0) is 9.53 Å². The average Bonchev–Trinajstić information content (AvgIpc) is 2.73. The SMILES string of the molecule is COC(=O)CC(c1coc2ccc(Cl)cc2c1=O)c1c(O)nc2ccccn2c1=O. The summed E-state index contributed by atoms with van der Waals surface area (Å²) in [6, 6.07) is 9.39. The molecule has 3 heterocycles. The Balaban J connectivity index is 2.02. The van der Waals surface area contributed by atoms with E-state index in [0.717, 1.165) is 0 Å². The molecule has 0 saturated heterocycles. The number of benzene rings is 1. The van der Waals surface area contributed by atoms with E-state index in [0.29, 0.717) is 10.6 Å². The molecule has 1 atom stereocenters. The molecule has 0 aliphatic carbocycles. The molecule has 0 aliphatic heterocycles. The molecule has 1 unspecified atom stereocenters. The van der Waals surface area contributed by atoms with E-state index < -0.39 is 28.8 Å². The highest BCUT2D eigenvalue weighted by Gasteiger charge is 2.29. The van der Waals surface area contributed by atoms with Gasteiger partial charge in [-0.25, -0.2) is 0 Å². The molecule has 9 heteroatoms. The van der Waals surface area contributed by atoms with E-state index in [4.69, 9.17) is 20.8 Å². The highest BCUT2D eigenvalue weighted by molar-refractivity contribution is 6.31. The van der Waals surface area contributed by atoms with Gasteiger partial charge in [0.25, 0.3) is 5.56 Å². The van der Waals surface area contributed by atoms with Gasteiger partial charge in [0.15, 0.2) is 5.43 Å². The summed E-state index contributed by atoms with van der Waals surface area (Å²) in [7, 11) is 1.19. The van der Waals surface area contributed by atoms with Gasteiger partial charge in [0.2, 0.25) is 5.88 Å². The number of hydrogen-bond donors (Lipinski definition) is 1. The third kappa shape index (κ3) is 3.31. The molecule has 0 spiro atoms. The minimum absolute atomic E-state index is 0.000229. The van der Waals surface area contributed by atoms with Gasteiger partial charge in [-0.05, 0) is 30.3 Å². The zero-order chi connectivity index (χ0) is 21.4. The molecule has 152 valence electrons. The first-order valence-electron chi connectivity index (χ1n) is 8.88. The fourth-order valence-corrected chi connectivity index (χ4v) is 3.54. The Kier molecular flexibility index (Phi) is 5.01. The normalized spacial score (nSPS) is 12.2. The highest BCUT2D eigenvalue weighted by atomic mass is 35.5. The second-order valence-corrected chi connectivity index (χ2v) is 7.01. The summed E-state index contributed by atoms with van der Waals surface area (Å²) in [6.07, 6.45) is 2.27. The predicted molar refractivity (Wildman–Crippen MR) is 109 cm³/mol. The van der Waals surface area contributed by atoms with Crippen molar-refractivity contribution in [3.05, 3.63) is 85.6 Å². The van der Waals surface area contributed by atoms with Gasteiger partial charge in [-0.15, -0.1) is 0 Å². The Labute approximate surface area is 173 Å². The summed E-state index contributed by atoms with van der Waals surface area (Å²) in [4.78, 5) is 42.4. The summed E-state index contributed by atoms with van der Waals surface area (Å²) in [6.45, 7) is 0. The first-order chi connectivity index (χ1) is 14.4. The molecule has 1 N–H and O–H groups in total. The van der Waals surface area contributed by atoms with Gasteiger partial charge in [0.05, 0.1) is 30.7 Å². The van der Waals surface area contributed by atoms with Gasteiger partial charge in [-0.3, -0.25) is 18.8 Å². The van der Waals surface area contributed by atoms with E-state index in [-0.39, 0.29) is 28.6 Å². The fourth-order valence-electron chi connectivity index (χ4n) is 3.37. The number of esters is 1. The maximum absolute atomic E-state index is 13.2.